The molecule has 0 spiro atoms. The van der Waals surface area contributed by atoms with Gasteiger partial charge in [0.15, 0.2) is 0 Å². The van der Waals surface area contributed by atoms with E-state index in [0.717, 1.165) is 12.1 Å². The average Bonchev–Trinajstić information content (AvgIpc) is 2.24. The number of nitrogens with one attached hydrogen (secondary N) is 1. The molecule has 1 aromatic rings. The lowest BCUT2D eigenvalue weighted by molar-refractivity contribution is 0.476. The summed E-state index contributed by atoms with van der Waals surface area (Å²) in [6.45, 7) is 3.58. The second kappa shape index (κ2) is 5.95. The minimum absolute atomic E-state index is 0.0409. The molecule has 0 bridgehead atoms. The van der Waals surface area contributed by atoms with Gasteiger partial charge in [-0.1, -0.05) is 13.8 Å². The van der Waals surface area contributed by atoms with Crippen molar-refractivity contribution in [3.63, 3.8) is 0 Å². The largest absolute Gasteiger partial charge is 0.243 e. The summed E-state index contributed by atoms with van der Waals surface area (Å²) in [5, 5.41) is 0. The SMILES string of the molecule is CC(C)C(CCl)NS(=O)(=O)c1ccc(F)cc1F. The number of halogens is 3. The first kappa shape index (κ1) is 15.3. The van der Waals surface area contributed by atoms with Crippen molar-refractivity contribution in [2.24, 2.45) is 5.92 Å². The van der Waals surface area contributed by atoms with Gasteiger partial charge in [0.1, 0.15) is 16.5 Å². The van der Waals surface area contributed by atoms with E-state index in [9.17, 15) is 17.2 Å². The zero-order chi connectivity index (χ0) is 13.9. The minimum atomic E-state index is -4.04. The normalized spacial score (nSPS) is 13.9. The predicted octanol–water partition coefficient (Wildman–Crippen LogP) is 2.51. The Bertz CT molecular complexity index is 520. The molecule has 0 aliphatic heterocycles. The fourth-order valence-corrected chi connectivity index (χ4v) is 3.27. The molecule has 0 aliphatic carbocycles. The molecular formula is C11H14ClF2NO2S. The van der Waals surface area contributed by atoms with Crippen LogP contribution in [-0.4, -0.2) is 20.3 Å². The number of rotatable bonds is 5. The number of benzene rings is 1. The van der Waals surface area contributed by atoms with Crippen LogP contribution in [0.4, 0.5) is 8.78 Å². The van der Waals surface area contributed by atoms with Gasteiger partial charge in [-0.25, -0.2) is 21.9 Å². The maximum atomic E-state index is 13.4. The topological polar surface area (TPSA) is 46.2 Å². The molecule has 1 N–H and O–H groups in total. The molecular weight excluding hydrogens is 284 g/mol. The second-order valence-corrected chi connectivity index (χ2v) is 6.19. The van der Waals surface area contributed by atoms with Crippen molar-refractivity contribution in [3.8, 4) is 0 Å². The number of sulfonamides is 1. The van der Waals surface area contributed by atoms with Crippen LogP contribution in [0.3, 0.4) is 0 Å². The van der Waals surface area contributed by atoms with Crippen molar-refractivity contribution in [3.05, 3.63) is 29.8 Å². The van der Waals surface area contributed by atoms with Gasteiger partial charge in [-0.3, -0.25) is 0 Å². The number of alkyl halides is 1. The third-order valence-electron chi connectivity index (χ3n) is 2.46. The highest BCUT2D eigenvalue weighted by molar-refractivity contribution is 7.89. The van der Waals surface area contributed by atoms with Crippen LogP contribution in [0.15, 0.2) is 23.1 Å². The third-order valence-corrected chi connectivity index (χ3v) is 4.32. The predicted molar refractivity (Wildman–Crippen MR) is 66.0 cm³/mol. The number of hydrogen-bond donors (Lipinski definition) is 1. The summed E-state index contributed by atoms with van der Waals surface area (Å²) < 4.78 is 52.2. The van der Waals surface area contributed by atoms with Gasteiger partial charge in [-0.2, -0.15) is 0 Å². The van der Waals surface area contributed by atoms with E-state index >= 15 is 0 Å². The van der Waals surface area contributed by atoms with E-state index < -0.39 is 32.6 Å². The Kier molecular flexibility index (Phi) is 5.07. The van der Waals surface area contributed by atoms with Crippen LogP contribution in [0.25, 0.3) is 0 Å². The van der Waals surface area contributed by atoms with Crippen LogP contribution in [0.5, 0.6) is 0 Å². The Hall–Kier alpha value is -0.720. The summed E-state index contributed by atoms with van der Waals surface area (Å²) in [6, 6.07) is 1.79. The highest BCUT2D eigenvalue weighted by atomic mass is 35.5. The first-order chi connectivity index (χ1) is 8.27. The van der Waals surface area contributed by atoms with Gasteiger partial charge in [-0.05, 0) is 18.1 Å². The summed E-state index contributed by atoms with van der Waals surface area (Å²) in [6.07, 6.45) is 0. The first-order valence-corrected chi connectivity index (χ1v) is 7.33. The first-order valence-electron chi connectivity index (χ1n) is 5.31. The smallest absolute Gasteiger partial charge is 0.207 e. The van der Waals surface area contributed by atoms with Crippen molar-refractivity contribution in [1.82, 2.24) is 4.72 Å². The van der Waals surface area contributed by atoms with Crippen LogP contribution in [0, 0.1) is 17.6 Å². The van der Waals surface area contributed by atoms with Crippen molar-refractivity contribution in [1.29, 1.82) is 0 Å². The fourth-order valence-electron chi connectivity index (χ4n) is 1.30. The molecule has 0 fully saturated rings. The molecule has 0 radical (unpaired) electrons. The molecule has 1 rings (SSSR count). The van der Waals surface area contributed by atoms with Gasteiger partial charge in [0.25, 0.3) is 0 Å². The highest BCUT2D eigenvalue weighted by Gasteiger charge is 2.24. The summed E-state index contributed by atoms with van der Waals surface area (Å²) >= 11 is 5.64. The lowest BCUT2D eigenvalue weighted by atomic mass is 10.1. The van der Waals surface area contributed by atoms with E-state index in [2.05, 4.69) is 4.72 Å². The summed E-state index contributed by atoms with van der Waals surface area (Å²) in [5.41, 5.74) is 0. The van der Waals surface area contributed by atoms with Crippen LogP contribution >= 0.6 is 11.6 Å². The molecule has 0 aromatic heterocycles. The molecule has 0 saturated heterocycles. The molecule has 0 aliphatic rings. The zero-order valence-electron chi connectivity index (χ0n) is 9.95. The lowest BCUT2D eigenvalue weighted by Crippen LogP contribution is -2.40. The van der Waals surface area contributed by atoms with Crippen molar-refractivity contribution >= 4 is 21.6 Å². The van der Waals surface area contributed by atoms with Crippen LogP contribution in [0.1, 0.15) is 13.8 Å². The highest BCUT2D eigenvalue weighted by Crippen LogP contribution is 2.17. The van der Waals surface area contributed by atoms with E-state index in [1.54, 1.807) is 13.8 Å². The summed E-state index contributed by atoms with van der Waals surface area (Å²) in [4.78, 5) is -0.584. The molecule has 0 heterocycles. The second-order valence-electron chi connectivity index (χ2n) is 4.20. The maximum Gasteiger partial charge on any atom is 0.243 e. The molecule has 0 amide bonds. The lowest BCUT2D eigenvalue weighted by Gasteiger charge is -2.19. The van der Waals surface area contributed by atoms with E-state index in [-0.39, 0.29) is 11.8 Å². The van der Waals surface area contributed by atoms with E-state index in [0.29, 0.717) is 6.07 Å². The van der Waals surface area contributed by atoms with Gasteiger partial charge >= 0.3 is 0 Å². The van der Waals surface area contributed by atoms with Crippen LogP contribution in [0.2, 0.25) is 0 Å². The van der Waals surface area contributed by atoms with Gasteiger partial charge in [0.05, 0.1) is 0 Å². The average molecular weight is 298 g/mol. The molecule has 18 heavy (non-hydrogen) atoms. The van der Waals surface area contributed by atoms with E-state index in [4.69, 9.17) is 11.6 Å². The van der Waals surface area contributed by atoms with Crippen molar-refractivity contribution in [2.75, 3.05) is 5.88 Å². The van der Waals surface area contributed by atoms with Gasteiger partial charge in [0.2, 0.25) is 10.0 Å². The Morgan fingerprint density at radius 1 is 1.33 bits per heavy atom. The molecule has 1 atom stereocenters. The Morgan fingerprint density at radius 2 is 1.94 bits per heavy atom. The monoisotopic (exact) mass is 297 g/mol. The number of hydrogen-bond acceptors (Lipinski definition) is 2. The van der Waals surface area contributed by atoms with Gasteiger partial charge < -0.3 is 0 Å². The molecule has 1 unspecified atom stereocenters. The van der Waals surface area contributed by atoms with Crippen LogP contribution < -0.4 is 4.72 Å². The van der Waals surface area contributed by atoms with E-state index in [1.165, 1.54) is 0 Å². The van der Waals surface area contributed by atoms with Gasteiger partial charge in [0, 0.05) is 18.0 Å². The van der Waals surface area contributed by atoms with Crippen LogP contribution in [-0.2, 0) is 10.0 Å². The van der Waals surface area contributed by atoms with E-state index in [1.807, 2.05) is 0 Å². The van der Waals surface area contributed by atoms with Gasteiger partial charge in [-0.15, -0.1) is 11.6 Å². The quantitative estimate of drug-likeness (QED) is 0.849. The molecule has 0 saturated carbocycles. The summed E-state index contributed by atoms with van der Waals surface area (Å²) in [5.74, 6) is -1.93. The molecule has 1 aromatic carbocycles. The Labute approximate surface area is 110 Å². The molecule has 7 heteroatoms. The van der Waals surface area contributed by atoms with Crippen molar-refractivity contribution < 1.29 is 17.2 Å². The van der Waals surface area contributed by atoms with Crippen molar-refractivity contribution in [2.45, 2.75) is 24.8 Å². The minimum Gasteiger partial charge on any atom is -0.207 e. The standard InChI is InChI=1S/C11H14ClF2NO2S/c1-7(2)10(6-12)15-18(16,17)11-4-3-8(13)5-9(11)14/h3-5,7,10,15H,6H2,1-2H3. The Balaban J connectivity index is 3.06. The third kappa shape index (κ3) is 3.63. The Morgan fingerprint density at radius 3 is 2.39 bits per heavy atom. The molecule has 102 valence electrons. The fraction of sp³-hybridized carbons (Fsp3) is 0.455. The zero-order valence-corrected chi connectivity index (χ0v) is 11.5. The summed E-state index contributed by atoms with van der Waals surface area (Å²) in [7, 11) is -4.04. The molecule has 3 nitrogen and oxygen atoms in total. The maximum absolute atomic E-state index is 13.4.